The third-order valence-corrected chi connectivity index (χ3v) is 10.6. The van der Waals surface area contributed by atoms with E-state index in [4.69, 9.17) is 18.6 Å². The molecule has 0 saturated heterocycles. The van der Waals surface area contributed by atoms with Crippen molar-refractivity contribution in [1.82, 2.24) is 0 Å². The van der Waals surface area contributed by atoms with Crippen molar-refractivity contribution in [2.75, 3.05) is 27.1 Å². The van der Waals surface area contributed by atoms with Crippen LogP contribution in [-0.2, 0) is 23.4 Å². The van der Waals surface area contributed by atoms with Gasteiger partial charge < -0.3 is 18.6 Å². The van der Waals surface area contributed by atoms with E-state index in [1.807, 2.05) is 0 Å². The van der Waals surface area contributed by atoms with Gasteiger partial charge in [0.2, 0.25) is 0 Å². The number of methoxy groups -OCH3 is 1. The van der Waals surface area contributed by atoms with E-state index in [1.165, 1.54) is 12.8 Å². The Labute approximate surface area is 179 Å². The van der Waals surface area contributed by atoms with Crippen LogP contribution in [0.1, 0.15) is 66.2 Å². The van der Waals surface area contributed by atoms with E-state index in [2.05, 4.69) is 52.9 Å². The smallest absolute Gasteiger partial charge is 0.192 e. The predicted octanol–water partition coefficient (Wildman–Crippen LogP) is 5.50. The quantitative estimate of drug-likeness (QED) is 0.158. The van der Waals surface area contributed by atoms with E-state index < -0.39 is 8.32 Å². The number of Topliss-reactive ketones (excluding diaryl/α,β-unsaturated/α-hetero) is 1. The lowest BCUT2D eigenvalue weighted by Gasteiger charge is -2.39. The lowest BCUT2D eigenvalue weighted by Crippen LogP contribution is -2.44. The Morgan fingerprint density at radius 1 is 1.17 bits per heavy atom. The minimum atomic E-state index is -1.91. The number of carbonyl (C=O) groups is 1. The average Bonchev–Trinajstić information content (AvgIpc) is 2.96. The summed E-state index contributed by atoms with van der Waals surface area (Å²) in [5.41, 5.74) is 0. The van der Waals surface area contributed by atoms with Gasteiger partial charge in [0.15, 0.2) is 8.32 Å². The Hall–Kier alpha value is -0.533. The van der Waals surface area contributed by atoms with Crippen LogP contribution in [0.25, 0.3) is 0 Å². The molecule has 170 valence electrons. The van der Waals surface area contributed by atoms with Gasteiger partial charge in [-0.3, -0.25) is 4.79 Å². The lowest BCUT2D eigenvalue weighted by atomic mass is 10.0. The van der Waals surface area contributed by atoms with E-state index in [9.17, 15) is 4.79 Å². The molecular formula is C23H44O5Si. The Morgan fingerprint density at radius 3 is 2.52 bits per heavy atom. The maximum Gasteiger partial charge on any atom is 0.192 e. The van der Waals surface area contributed by atoms with Gasteiger partial charge in [-0.05, 0) is 24.6 Å². The number of carbonyl (C=O) groups excluding carboxylic acids is 1. The summed E-state index contributed by atoms with van der Waals surface area (Å²) in [6, 6.07) is 0. The maximum absolute atomic E-state index is 12.2. The normalized spacial score (nSPS) is 22.0. The van der Waals surface area contributed by atoms with Gasteiger partial charge >= 0.3 is 0 Å². The van der Waals surface area contributed by atoms with Crippen LogP contribution in [0.15, 0.2) is 12.2 Å². The molecule has 0 aromatic rings. The highest BCUT2D eigenvalue weighted by molar-refractivity contribution is 6.74. The standard InChI is InChI=1S/C23H44O5Si/c1-8-9-10-11-21(27-18-26-15-14-25-5)13-12-19-16-20(24)17-22(19)28-29(6,7)23(2,3)4/h12-13,19,21-22H,8-11,14-18H2,1-7H3/b13-12-/t19-,21-,22-/m1/s1. The maximum atomic E-state index is 12.2. The summed E-state index contributed by atoms with van der Waals surface area (Å²) in [5, 5.41) is 0.137. The number of rotatable bonds is 14. The first-order chi connectivity index (χ1) is 13.6. The monoisotopic (exact) mass is 428 g/mol. The van der Waals surface area contributed by atoms with E-state index in [-0.39, 0.29) is 30.0 Å². The van der Waals surface area contributed by atoms with Crippen LogP contribution in [0.5, 0.6) is 0 Å². The van der Waals surface area contributed by atoms with E-state index >= 15 is 0 Å². The second kappa shape index (κ2) is 13.0. The molecule has 5 nitrogen and oxygen atoms in total. The van der Waals surface area contributed by atoms with E-state index in [0.717, 1.165) is 12.8 Å². The van der Waals surface area contributed by atoms with Crippen LogP contribution >= 0.6 is 0 Å². The number of unbranched alkanes of at least 4 members (excludes halogenated alkanes) is 2. The van der Waals surface area contributed by atoms with Crippen LogP contribution in [0, 0.1) is 5.92 Å². The molecule has 1 saturated carbocycles. The van der Waals surface area contributed by atoms with Crippen molar-refractivity contribution in [2.24, 2.45) is 5.92 Å². The highest BCUT2D eigenvalue weighted by atomic mass is 28.4. The first kappa shape index (κ1) is 26.5. The molecule has 1 aliphatic carbocycles. The predicted molar refractivity (Wildman–Crippen MR) is 121 cm³/mol. The molecule has 29 heavy (non-hydrogen) atoms. The average molecular weight is 429 g/mol. The molecule has 0 N–H and O–H groups in total. The first-order valence-corrected chi connectivity index (χ1v) is 14.1. The van der Waals surface area contributed by atoms with Gasteiger partial charge in [0, 0.05) is 25.9 Å². The van der Waals surface area contributed by atoms with Gasteiger partial charge in [-0.25, -0.2) is 0 Å². The molecule has 0 bridgehead atoms. The Kier molecular flexibility index (Phi) is 11.9. The summed E-state index contributed by atoms with van der Waals surface area (Å²) in [5.74, 6) is 0.443. The summed E-state index contributed by atoms with van der Waals surface area (Å²) in [7, 11) is -0.248. The summed E-state index contributed by atoms with van der Waals surface area (Å²) in [6.07, 6.45) is 9.85. The fourth-order valence-corrected chi connectivity index (χ4v) is 4.53. The summed E-state index contributed by atoms with van der Waals surface area (Å²) in [6.45, 7) is 14.8. The van der Waals surface area contributed by atoms with Crippen LogP contribution in [0.2, 0.25) is 18.1 Å². The molecule has 1 fully saturated rings. The van der Waals surface area contributed by atoms with Crippen molar-refractivity contribution in [1.29, 1.82) is 0 Å². The molecule has 6 heteroatoms. The minimum absolute atomic E-state index is 0.00566. The van der Waals surface area contributed by atoms with Crippen molar-refractivity contribution >= 4 is 14.1 Å². The van der Waals surface area contributed by atoms with Gasteiger partial charge in [0.05, 0.1) is 25.4 Å². The highest BCUT2D eigenvalue weighted by Gasteiger charge is 2.43. The second-order valence-corrected chi connectivity index (χ2v) is 14.4. The number of ketones is 1. The summed E-state index contributed by atoms with van der Waals surface area (Å²) >= 11 is 0. The highest BCUT2D eigenvalue weighted by Crippen LogP contribution is 2.40. The zero-order chi connectivity index (χ0) is 21.9. The molecule has 0 heterocycles. The molecule has 0 amide bonds. The number of hydrogen-bond donors (Lipinski definition) is 0. The number of hydrogen-bond acceptors (Lipinski definition) is 5. The van der Waals surface area contributed by atoms with Gasteiger partial charge in [0.1, 0.15) is 12.6 Å². The first-order valence-electron chi connectivity index (χ1n) is 11.2. The largest absolute Gasteiger partial charge is 0.413 e. The second-order valence-electron chi connectivity index (χ2n) is 9.63. The molecular weight excluding hydrogens is 384 g/mol. The molecule has 0 unspecified atom stereocenters. The molecule has 0 spiro atoms. The SMILES string of the molecule is CCCCC[C@H](/C=C\[C@@H]1CC(=O)C[C@H]1O[Si](C)(C)C(C)(C)C)OCOCCOC. The molecule has 3 atom stereocenters. The minimum Gasteiger partial charge on any atom is -0.413 e. The molecule has 0 aliphatic heterocycles. The molecule has 0 aromatic heterocycles. The van der Waals surface area contributed by atoms with Crippen molar-refractivity contribution in [3.63, 3.8) is 0 Å². The fraction of sp³-hybridized carbons (Fsp3) is 0.870. The van der Waals surface area contributed by atoms with Crippen LogP contribution in [-0.4, -0.2) is 53.4 Å². The topological polar surface area (TPSA) is 54.0 Å². The zero-order valence-corrected chi connectivity index (χ0v) is 20.8. The summed E-state index contributed by atoms with van der Waals surface area (Å²) in [4.78, 5) is 12.2. The fourth-order valence-electron chi connectivity index (χ4n) is 3.16. The van der Waals surface area contributed by atoms with Crippen molar-refractivity contribution in [2.45, 2.75) is 96.6 Å². The van der Waals surface area contributed by atoms with Crippen LogP contribution < -0.4 is 0 Å². The lowest BCUT2D eigenvalue weighted by molar-refractivity contribution is -0.117. The van der Waals surface area contributed by atoms with Gasteiger partial charge in [-0.1, -0.05) is 59.1 Å². The van der Waals surface area contributed by atoms with E-state index in [1.54, 1.807) is 7.11 Å². The Morgan fingerprint density at radius 2 is 1.90 bits per heavy atom. The molecule has 1 aliphatic rings. The van der Waals surface area contributed by atoms with Crippen molar-refractivity contribution in [3.8, 4) is 0 Å². The summed E-state index contributed by atoms with van der Waals surface area (Å²) < 4.78 is 23.0. The van der Waals surface area contributed by atoms with Crippen molar-refractivity contribution < 1.29 is 23.4 Å². The Bertz CT molecular complexity index is 498. The molecule has 1 rings (SSSR count). The Balaban J connectivity index is 2.70. The van der Waals surface area contributed by atoms with Gasteiger partial charge in [-0.15, -0.1) is 0 Å². The zero-order valence-electron chi connectivity index (χ0n) is 19.8. The van der Waals surface area contributed by atoms with Crippen LogP contribution in [0.3, 0.4) is 0 Å². The van der Waals surface area contributed by atoms with Gasteiger partial charge in [0.25, 0.3) is 0 Å². The third-order valence-electron chi connectivity index (χ3n) is 6.08. The molecule has 0 aromatic carbocycles. The third kappa shape index (κ3) is 9.88. The van der Waals surface area contributed by atoms with Crippen LogP contribution in [0.4, 0.5) is 0 Å². The van der Waals surface area contributed by atoms with Gasteiger partial charge in [-0.2, -0.15) is 0 Å². The number of ether oxygens (including phenoxy) is 3. The van der Waals surface area contributed by atoms with Crippen molar-refractivity contribution in [3.05, 3.63) is 12.2 Å². The molecule has 0 radical (unpaired) electrons. The van der Waals surface area contributed by atoms with E-state index in [0.29, 0.717) is 31.8 Å².